The van der Waals surface area contributed by atoms with E-state index in [0.29, 0.717) is 22.9 Å². The summed E-state index contributed by atoms with van der Waals surface area (Å²) in [6.45, 7) is 0.468. The van der Waals surface area contributed by atoms with Crippen molar-refractivity contribution in [3.63, 3.8) is 0 Å². The molecule has 2 N–H and O–H groups in total. The van der Waals surface area contributed by atoms with Gasteiger partial charge in [0.25, 0.3) is 5.91 Å². The molecule has 0 spiro atoms. The second kappa shape index (κ2) is 10.5. The van der Waals surface area contributed by atoms with E-state index in [2.05, 4.69) is 34.9 Å². The minimum Gasteiger partial charge on any atom is -0.348 e. The van der Waals surface area contributed by atoms with Gasteiger partial charge in [0.2, 0.25) is 5.91 Å². The molecule has 5 rings (SSSR count). The summed E-state index contributed by atoms with van der Waals surface area (Å²) < 4.78 is 0. The van der Waals surface area contributed by atoms with E-state index < -0.39 is 0 Å². The van der Waals surface area contributed by atoms with Crippen LogP contribution in [-0.4, -0.2) is 17.6 Å². The SMILES string of the molecule is O=C(CSc1ccc2ccccc2c1)Nc1sc2c(c1C(=O)NCc1ccccc1)CCCC2. The molecule has 0 radical (unpaired) electrons. The van der Waals surface area contributed by atoms with E-state index >= 15 is 0 Å². The van der Waals surface area contributed by atoms with Gasteiger partial charge < -0.3 is 10.6 Å². The highest BCUT2D eigenvalue weighted by molar-refractivity contribution is 8.00. The molecule has 0 aliphatic heterocycles. The average molecular weight is 487 g/mol. The molecule has 1 aromatic heterocycles. The quantitative estimate of drug-likeness (QED) is 0.296. The zero-order valence-electron chi connectivity index (χ0n) is 18.8. The number of amides is 2. The van der Waals surface area contributed by atoms with Crippen LogP contribution in [0.5, 0.6) is 0 Å². The summed E-state index contributed by atoms with van der Waals surface area (Å²) in [5.74, 6) is 0.0982. The van der Waals surface area contributed by atoms with Crippen LogP contribution in [-0.2, 0) is 24.2 Å². The lowest BCUT2D eigenvalue weighted by molar-refractivity contribution is -0.113. The first-order valence-electron chi connectivity index (χ1n) is 11.6. The van der Waals surface area contributed by atoms with Crippen LogP contribution in [0, 0.1) is 0 Å². The highest BCUT2D eigenvalue weighted by atomic mass is 32.2. The predicted octanol–water partition coefficient (Wildman–Crippen LogP) is 6.44. The number of hydrogen-bond acceptors (Lipinski definition) is 4. The molecule has 0 saturated heterocycles. The van der Waals surface area contributed by atoms with Crippen LogP contribution in [0.25, 0.3) is 10.8 Å². The predicted molar refractivity (Wildman–Crippen MR) is 142 cm³/mol. The van der Waals surface area contributed by atoms with Gasteiger partial charge >= 0.3 is 0 Å². The zero-order chi connectivity index (χ0) is 23.3. The normalized spacial score (nSPS) is 12.8. The maximum atomic E-state index is 13.2. The van der Waals surface area contributed by atoms with Gasteiger partial charge in [0, 0.05) is 16.3 Å². The summed E-state index contributed by atoms with van der Waals surface area (Å²) >= 11 is 3.07. The summed E-state index contributed by atoms with van der Waals surface area (Å²) in [5, 5.41) is 9.14. The highest BCUT2D eigenvalue weighted by Gasteiger charge is 2.26. The largest absolute Gasteiger partial charge is 0.348 e. The van der Waals surface area contributed by atoms with Crippen molar-refractivity contribution in [3.8, 4) is 0 Å². The highest BCUT2D eigenvalue weighted by Crippen LogP contribution is 2.38. The molecule has 0 saturated carbocycles. The Balaban J connectivity index is 1.28. The van der Waals surface area contributed by atoms with Gasteiger partial charge in [-0.05, 0) is 59.7 Å². The number of carbonyl (C=O) groups is 2. The number of fused-ring (bicyclic) bond motifs is 2. The summed E-state index contributed by atoms with van der Waals surface area (Å²) in [6, 6.07) is 24.3. The summed E-state index contributed by atoms with van der Waals surface area (Å²) in [4.78, 5) is 28.3. The van der Waals surface area contributed by atoms with Crippen molar-refractivity contribution in [2.24, 2.45) is 0 Å². The Bertz CT molecular complexity index is 1330. The monoisotopic (exact) mass is 486 g/mol. The molecule has 172 valence electrons. The summed E-state index contributed by atoms with van der Waals surface area (Å²) in [7, 11) is 0. The number of aryl methyl sites for hydroxylation is 1. The fraction of sp³-hybridized carbons (Fsp3) is 0.214. The van der Waals surface area contributed by atoms with Crippen molar-refractivity contribution in [3.05, 3.63) is 94.4 Å². The smallest absolute Gasteiger partial charge is 0.254 e. The second-order valence-corrected chi connectivity index (χ2v) is 10.6. The summed E-state index contributed by atoms with van der Waals surface area (Å²) in [6.07, 6.45) is 4.07. The molecule has 1 heterocycles. The van der Waals surface area contributed by atoms with Gasteiger partial charge in [-0.1, -0.05) is 60.7 Å². The Morgan fingerprint density at radius 2 is 1.65 bits per heavy atom. The standard InChI is InChI=1S/C28H26N2O2S2/c31-25(18-33-22-15-14-20-10-4-5-11-21(20)16-22)30-28-26(23-12-6-7-13-24(23)34-28)27(32)29-17-19-8-2-1-3-9-19/h1-5,8-11,14-16H,6-7,12-13,17-18H2,(H,29,32)(H,30,31). The van der Waals surface area contributed by atoms with Crippen LogP contribution in [0.4, 0.5) is 5.00 Å². The third-order valence-corrected chi connectivity index (χ3v) is 8.24. The number of rotatable bonds is 7. The van der Waals surface area contributed by atoms with Crippen LogP contribution in [0.1, 0.15) is 39.2 Å². The van der Waals surface area contributed by atoms with Gasteiger partial charge in [-0.2, -0.15) is 0 Å². The number of thiophene rings is 1. The lowest BCUT2D eigenvalue weighted by Gasteiger charge is -2.13. The molecule has 2 amide bonds. The van der Waals surface area contributed by atoms with Gasteiger partial charge in [-0.25, -0.2) is 0 Å². The minimum absolute atomic E-state index is 0.0890. The Morgan fingerprint density at radius 1 is 0.882 bits per heavy atom. The zero-order valence-corrected chi connectivity index (χ0v) is 20.4. The Morgan fingerprint density at radius 3 is 2.50 bits per heavy atom. The molecule has 3 aromatic carbocycles. The first-order valence-corrected chi connectivity index (χ1v) is 13.4. The third-order valence-electron chi connectivity index (χ3n) is 6.04. The fourth-order valence-corrected chi connectivity index (χ4v) is 6.38. The van der Waals surface area contributed by atoms with E-state index in [1.54, 1.807) is 11.3 Å². The Kier molecular flexibility index (Phi) is 6.97. The average Bonchev–Trinajstić information content (AvgIpc) is 3.24. The first-order chi connectivity index (χ1) is 16.7. The number of thioether (sulfide) groups is 1. The molecule has 1 aliphatic carbocycles. The van der Waals surface area contributed by atoms with Crippen molar-refractivity contribution >= 4 is 50.7 Å². The van der Waals surface area contributed by atoms with Crippen LogP contribution in [0.3, 0.4) is 0 Å². The van der Waals surface area contributed by atoms with Crippen LogP contribution in [0.15, 0.2) is 77.7 Å². The number of hydrogen-bond donors (Lipinski definition) is 2. The molecule has 0 atom stereocenters. The first kappa shape index (κ1) is 22.7. The van der Waals surface area contributed by atoms with E-state index in [0.717, 1.165) is 47.1 Å². The van der Waals surface area contributed by atoms with E-state index in [-0.39, 0.29) is 11.8 Å². The van der Waals surface area contributed by atoms with Crippen molar-refractivity contribution in [1.29, 1.82) is 0 Å². The van der Waals surface area contributed by atoms with Crippen LogP contribution in [0.2, 0.25) is 0 Å². The molecular weight excluding hydrogens is 460 g/mol. The minimum atomic E-state index is -0.110. The summed E-state index contributed by atoms with van der Waals surface area (Å²) in [5.41, 5.74) is 2.82. The van der Waals surface area contributed by atoms with E-state index in [1.807, 2.05) is 48.5 Å². The molecule has 0 bridgehead atoms. The lowest BCUT2D eigenvalue weighted by Crippen LogP contribution is -2.25. The van der Waals surface area contributed by atoms with Crippen molar-refractivity contribution < 1.29 is 9.59 Å². The topological polar surface area (TPSA) is 58.2 Å². The molecule has 0 fully saturated rings. The molecule has 4 nitrogen and oxygen atoms in total. The number of carbonyl (C=O) groups excluding carboxylic acids is 2. The van der Waals surface area contributed by atoms with Gasteiger partial charge in [-0.15, -0.1) is 23.1 Å². The maximum Gasteiger partial charge on any atom is 0.254 e. The molecule has 1 aliphatic rings. The van der Waals surface area contributed by atoms with Gasteiger partial charge in [0.15, 0.2) is 0 Å². The number of nitrogens with one attached hydrogen (secondary N) is 2. The van der Waals surface area contributed by atoms with Gasteiger partial charge in [0.05, 0.1) is 11.3 Å². The Hall–Kier alpha value is -3.09. The van der Waals surface area contributed by atoms with Crippen molar-refractivity contribution in [2.45, 2.75) is 37.1 Å². The van der Waals surface area contributed by atoms with Crippen LogP contribution >= 0.6 is 23.1 Å². The number of benzene rings is 3. The van der Waals surface area contributed by atoms with Gasteiger partial charge in [0.1, 0.15) is 5.00 Å². The van der Waals surface area contributed by atoms with Crippen LogP contribution < -0.4 is 10.6 Å². The Labute approximate surface area is 207 Å². The van der Waals surface area contributed by atoms with Gasteiger partial charge in [-0.3, -0.25) is 9.59 Å². The molecule has 34 heavy (non-hydrogen) atoms. The fourth-order valence-electron chi connectivity index (χ4n) is 4.33. The third kappa shape index (κ3) is 5.18. The van der Waals surface area contributed by atoms with Crippen molar-refractivity contribution in [1.82, 2.24) is 5.32 Å². The molecule has 6 heteroatoms. The molecular formula is C28H26N2O2S2. The van der Waals surface area contributed by atoms with E-state index in [4.69, 9.17) is 0 Å². The van der Waals surface area contributed by atoms with Crippen molar-refractivity contribution in [2.75, 3.05) is 11.1 Å². The lowest BCUT2D eigenvalue weighted by atomic mass is 9.95. The maximum absolute atomic E-state index is 13.2. The van der Waals surface area contributed by atoms with E-state index in [1.165, 1.54) is 22.0 Å². The second-order valence-electron chi connectivity index (χ2n) is 8.43. The number of anilines is 1. The van der Waals surface area contributed by atoms with E-state index in [9.17, 15) is 9.59 Å². The molecule has 0 unspecified atom stereocenters. The molecule has 4 aromatic rings.